The maximum atomic E-state index is 5.48. The van der Waals surface area contributed by atoms with Gasteiger partial charge in [-0.15, -0.1) is 0 Å². The maximum Gasteiger partial charge on any atom is 0.213 e. The van der Waals surface area contributed by atoms with Crippen LogP contribution >= 0.6 is 15.9 Å². The largest absolute Gasteiger partial charge is 0.476 e. The minimum atomic E-state index is 0.668. The molecule has 1 aromatic rings. The molecule has 0 bridgehead atoms. The molecule has 0 saturated carbocycles. The summed E-state index contributed by atoms with van der Waals surface area (Å²) in [7, 11) is 4.03. The minimum absolute atomic E-state index is 0.668. The predicted octanol–water partition coefficient (Wildman–Crippen LogP) is 2.09. The van der Waals surface area contributed by atoms with Crippen LogP contribution in [-0.2, 0) is 0 Å². The molecule has 14 heavy (non-hydrogen) atoms. The molecule has 4 heteroatoms. The first-order valence-electron chi connectivity index (χ1n) is 4.49. The Kier molecular flexibility index (Phi) is 4.35. The van der Waals surface area contributed by atoms with Crippen LogP contribution < -0.4 is 4.74 Å². The molecule has 0 aromatic carbocycles. The van der Waals surface area contributed by atoms with Crippen molar-refractivity contribution < 1.29 is 4.74 Å². The fraction of sp³-hybridized carbons (Fsp3) is 0.500. The smallest absolute Gasteiger partial charge is 0.213 e. The first kappa shape index (κ1) is 11.5. The van der Waals surface area contributed by atoms with Gasteiger partial charge in [0.25, 0.3) is 0 Å². The van der Waals surface area contributed by atoms with Crippen molar-refractivity contribution in [3.05, 3.63) is 22.3 Å². The van der Waals surface area contributed by atoms with Crippen molar-refractivity contribution in [1.82, 2.24) is 9.88 Å². The molecule has 0 aliphatic rings. The zero-order chi connectivity index (χ0) is 10.6. The number of halogens is 1. The molecule has 0 amide bonds. The second-order valence-corrected chi connectivity index (χ2v) is 4.28. The summed E-state index contributed by atoms with van der Waals surface area (Å²) in [6, 6.07) is 1.93. The van der Waals surface area contributed by atoms with Crippen molar-refractivity contribution in [2.24, 2.45) is 0 Å². The molecule has 0 aliphatic heterocycles. The molecule has 3 nitrogen and oxygen atoms in total. The van der Waals surface area contributed by atoms with Gasteiger partial charge in [-0.25, -0.2) is 4.98 Å². The van der Waals surface area contributed by atoms with E-state index in [4.69, 9.17) is 4.74 Å². The van der Waals surface area contributed by atoms with Gasteiger partial charge in [0.2, 0.25) is 5.88 Å². The Labute approximate surface area is 93.2 Å². The fourth-order valence-corrected chi connectivity index (χ4v) is 1.14. The molecule has 0 aliphatic carbocycles. The average Bonchev–Trinajstić information content (AvgIpc) is 2.10. The third-order valence-corrected chi connectivity index (χ3v) is 2.64. The minimum Gasteiger partial charge on any atom is -0.476 e. The molecular weight excluding hydrogens is 244 g/mol. The average molecular weight is 259 g/mol. The van der Waals surface area contributed by atoms with Crippen LogP contribution in [-0.4, -0.2) is 37.1 Å². The number of hydrogen-bond acceptors (Lipinski definition) is 3. The number of likely N-dealkylation sites (N-methyl/N-ethyl adjacent to an activating group) is 1. The number of hydrogen-bond donors (Lipinski definition) is 0. The molecule has 0 unspecified atom stereocenters. The second-order valence-electron chi connectivity index (χ2n) is 3.42. The Balaban J connectivity index is 2.47. The van der Waals surface area contributed by atoms with Crippen molar-refractivity contribution in [3.63, 3.8) is 0 Å². The molecule has 0 fully saturated rings. The van der Waals surface area contributed by atoms with E-state index in [0.717, 1.165) is 16.6 Å². The van der Waals surface area contributed by atoms with Crippen LogP contribution in [0.3, 0.4) is 0 Å². The van der Waals surface area contributed by atoms with E-state index >= 15 is 0 Å². The van der Waals surface area contributed by atoms with Gasteiger partial charge in [-0.05, 0) is 42.5 Å². The first-order valence-corrected chi connectivity index (χ1v) is 5.28. The van der Waals surface area contributed by atoms with Gasteiger partial charge in [0, 0.05) is 23.3 Å². The number of nitrogens with zero attached hydrogens (tertiary/aromatic N) is 2. The van der Waals surface area contributed by atoms with E-state index in [1.165, 1.54) is 0 Å². The fourth-order valence-electron chi connectivity index (χ4n) is 0.925. The van der Waals surface area contributed by atoms with E-state index < -0.39 is 0 Å². The van der Waals surface area contributed by atoms with Crippen molar-refractivity contribution >= 4 is 15.9 Å². The summed E-state index contributed by atoms with van der Waals surface area (Å²) in [5.41, 5.74) is 1.14. The zero-order valence-corrected chi connectivity index (χ0v) is 10.3. The molecule has 0 radical (unpaired) electrons. The van der Waals surface area contributed by atoms with Crippen LogP contribution in [0.4, 0.5) is 0 Å². The molecule has 0 saturated heterocycles. The number of aromatic nitrogens is 1. The number of ether oxygens (including phenoxy) is 1. The van der Waals surface area contributed by atoms with E-state index in [1.807, 2.05) is 27.1 Å². The van der Waals surface area contributed by atoms with E-state index in [2.05, 4.69) is 25.8 Å². The third-order valence-electron chi connectivity index (χ3n) is 1.81. The topological polar surface area (TPSA) is 25.4 Å². The monoisotopic (exact) mass is 258 g/mol. The molecule has 1 rings (SSSR count). The Morgan fingerprint density at radius 3 is 2.79 bits per heavy atom. The molecule has 1 heterocycles. The van der Waals surface area contributed by atoms with Gasteiger partial charge in [-0.3, -0.25) is 0 Å². The van der Waals surface area contributed by atoms with E-state index in [-0.39, 0.29) is 0 Å². The van der Waals surface area contributed by atoms with Crippen molar-refractivity contribution in [2.45, 2.75) is 6.92 Å². The first-order chi connectivity index (χ1) is 6.59. The maximum absolute atomic E-state index is 5.48. The summed E-state index contributed by atoms with van der Waals surface area (Å²) >= 11 is 3.39. The van der Waals surface area contributed by atoms with Crippen molar-refractivity contribution in [3.8, 4) is 5.88 Å². The normalized spacial score (nSPS) is 10.6. The number of pyridine rings is 1. The lowest BCUT2D eigenvalue weighted by Crippen LogP contribution is -2.19. The van der Waals surface area contributed by atoms with Crippen LogP contribution in [0.25, 0.3) is 0 Å². The van der Waals surface area contributed by atoms with Crippen molar-refractivity contribution in [1.29, 1.82) is 0 Å². The van der Waals surface area contributed by atoms with Crippen LogP contribution in [0.2, 0.25) is 0 Å². The molecular formula is C10H15BrN2O. The SMILES string of the molecule is Cc1cc(OCCN(C)C)ncc1Br. The van der Waals surface area contributed by atoms with E-state index in [9.17, 15) is 0 Å². The Morgan fingerprint density at radius 1 is 1.50 bits per heavy atom. The molecule has 78 valence electrons. The van der Waals surface area contributed by atoms with Gasteiger partial charge in [0.1, 0.15) is 6.61 Å². The third kappa shape index (κ3) is 3.64. The van der Waals surface area contributed by atoms with Gasteiger partial charge in [0.15, 0.2) is 0 Å². The highest BCUT2D eigenvalue weighted by atomic mass is 79.9. The Hall–Kier alpha value is -0.610. The summed E-state index contributed by atoms with van der Waals surface area (Å²) in [5.74, 6) is 0.688. The van der Waals surface area contributed by atoms with Gasteiger partial charge in [-0.1, -0.05) is 0 Å². The van der Waals surface area contributed by atoms with Gasteiger partial charge in [0.05, 0.1) is 0 Å². The summed E-state index contributed by atoms with van der Waals surface area (Å²) < 4.78 is 6.49. The number of rotatable bonds is 4. The summed E-state index contributed by atoms with van der Waals surface area (Å²) in [6.45, 7) is 3.59. The molecule has 1 aromatic heterocycles. The summed E-state index contributed by atoms with van der Waals surface area (Å²) in [6.07, 6.45) is 1.76. The standard InChI is InChI=1S/C10H15BrN2O/c1-8-6-10(12-7-9(8)11)14-5-4-13(2)3/h6-7H,4-5H2,1-3H3. The summed E-state index contributed by atoms with van der Waals surface area (Å²) in [4.78, 5) is 6.22. The lowest BCUT2D eigenvalue weighted by atomic mass is 10.3. The Morgan fingerprint density at radius 2 is 2.21 bits per heavy atom. The van der Waals surface area contributed by atoms with E-state index in [1.54, 1.807) is 6.20 Å². The van der Waals surface area contributed by atoms with Crippen LogP contribution in [0, 0.1) is 6.92 Å². The summed E-state index contributed by atoms with van der Waals surface area (Å²) in [5, 5.41) is 0. The van der Waals surface area contributed by atoms with Gasteiger partial charge in [-0.2, -0.15) is 0 Å². The molecule has 0 spiro atoms. The van der Waals surface area contributed by atoms with Gasteiger partial charge >= 0.3 is 0 Å². The predicted molar refractivity (Wildman–Crippen MR) is 60.7 cm³/mol. The highest BCUT2D eigenvalue weighted by Crippen LogP contribution is 2.18. The molecule has 0 N–H and O–H groups in total. The highest BCUT2D eigenvalue weighted by Gasteiger charge is 1.99. The van der Waals surface area contributed by atoms with Crippen molar-refractivity contribution in [2.75, 3.05) is 27.2 Å². The van der Waals surface area contributed by atoms with E-state index in [0.29, 0.717) is 12.5 Å². The lowest BCUT2D eigenvalue weighted by Gasteiger charge is -2.10. The number of aryl methyl sites for hydroxylation is 1. The van der Waals surface area contributed by atoms with Crippen LogP contribution in [0.1, 0.15) is 5.56 Å². The van der Waals surface area contributed by atoms with Crippen LogP contribution in [0.15, 0.2) is 16.7 Å². The Bertz CT molecular complexity index is 302. The second kappa shape index (κ2) is 5.32. The lowest BCUT2D eigenvalue weighted by molar-refractivity contribution is 0.253. The molecule has 0 atom stereocenters. The van der Waals surface area contributed by atoms with Gasteiger partial charge < -0.3 is 9.64 Å². The quantitative estimate of drug-likeness (QED) is 0.827. The highest BCUT2D eigenvalue weighted by molar-refractivity contribution is 9.10. The van der Waals surface area contributed by atoms with Crippen LogP contribution in [0.5, 0.6) is 5.88 Å². The zero-order valence-electron chi connectivity index (χ0n) is 8.75.